The van der Waals surface area contributed by atoms with E-state index in [-0.39, 0.29) is 5.02 Å². The minimum absolute atomic E-state index is 0.0333. The van der Waals surface area contributed by atoms with Crippen LogP contribution in [0.4, 0.5) is 5.69 Å². The van der Waals surface area contributed by atoms with Gasteiger partial charge in [0.25, 0.3) is 5.56 Å². The smallest absolute Gasteiger partial charge is 0.285 e. The van der Waals surface area contributed by atoms with E-state index in [0.717, 1.165) is 37.3 Å². The summed E-state index contributed by atoms with van der Waals surface area (Å²) in [6.45, 7) is 5.85. The minimum Gasteiger partial charge on any atom is -0.376 e. The summed E-state index contributed by atoms with van der Waals surface area (Å²) in [5, 5.41) is 10.1. The van der Waals surface area contributed by atoms with Gasteiger partial charge in [-0.1, -0.05) is 11.6 Å². The van der Waals surface area contributed by atoms with Crippen molar-refractivity contribution in [1.29, 1.82) is 0 Å². The second-order valence-corrected chi connectivity index (χ2v) is 6.25. The Hall–Kier alpha value is -2.12. The van der Waals surface area contributed by atoms with Gasteiger partial charge in [0.2, 0.25) is 0 Å². The Kier molecular flexibility index (Phi) is 5.01. The van der Waals surface area contributed by atoms with Gasteiger partial charge >= 0.3 is 0 Å². The van der Waals surface area contributed by atoms with Gasteiger partial charge in [-0.25, -0.2) is 5.10 Å². The molecule has 1 atom stereocenters. The lowest BCUT2D eigenvalue weighted by Gasteiger charge is -2.14. The topological polar surface area (TPSA) is 84.3 Å². The maximum atomic E-state index is 11.4. The van der Waals surface area contributed by atoms with Gasteiger partial charge in [-0.3, -0.25) is 10.2 Å². The normalized spacial score (nSPS) is 17.7. The average Bonchev–Trinajstić information content (AvgIpc) is 3.16. The fourth-order valence-electron chi connectivity index (χ4n) is 2.86. The number of ether oxygens (including phenoxy) is 1. The zero-order valence-corrected chi connectivity index (χ0v) is 14.4. The van der Waals surface area contributed by atoms with Gasteiger partial charge in [0.05, 0.1) is 18.5 Å². The molecule has 0 aliphatic carbocycles. The Labute approximate surface area is 144 Å². The Morgan fingerprint density at radius 1 is 1.58 bits per heavy atom. The molecule has 0 radical (unpaired) electrons. The molecule has 1 fully saturated rings. The molecule has 0 bridgehead atoms. The van der Waals surface area contributed by atoms with E-state index in [9.17, 15) is 4.79 Å². The summed E-state index contributed by atoms with van der Waals surface area (Å²) in [6, 6.07) is 2.08. The minimum atomic E-state index is -0.452. The molecule has 0 amide bonds. The first-order valence-electron chi connectivity index (χ1n) is 7.87. The highest BCUT2D eigenvalue weighted by atomic mass is 35.5. The Morgan fingerprint density at radius 2 is 2.42 bits per heavy atom. The predicted molar refractivity (Wildman–Crippen MR) is 94.0 cm³/mol. The molecule has 2 N–H and O–H groups in total. The molecule has 24 heavy (non-hydrogen) atoms. The van der Waals surface area contributed by atoms with Crippen LogP contribution in [-0.4, -0.2) is 33.7 Å². The number of hydrazone groups is 1. The predicted octanol–water partition coefficient (Wildman–Crippen LogP) is 2.47. The molecule has 0 unspecified atom stereocenters. The number of hydrogen-bond donors (Lipinski definition) is 2. The van der Waals surface area contributed by atoms with Crippen molar-refractivity contribution in [2.24, 2.45) is 5.10 Å². The molecule has 0 spiro atoms. The van der Waals surface area contributed by atoms with Crippen LogP contribution in [0.25, 0.3) is 0 Å². The second kappa shape index (κ2) is 7.19. The molecule has 2 aromatic rings. The number of hydrogen-bond acceptors (Lipinski definition) is 5. The van der Waals surface area contributed by atoms with Crippen LogP contribution in [-0.2, 0) is 11.3 Å². The third kappa shape index (κ3) is 3.52. The largest absolute Gasteiger partial charge is 0.376 e. The molecule has 3 heterocycles. The molecule has 0 saturated carbocycles. The summed E-state index contributed by atoms with van der Waals surface area (Å²) in [4.78, 5) is 11.4. The van der Waals surface area contributed by atoms with Crippen LogP contribution in [0.5, 0.6) is 0 Å². The summed E-state index contributed by atoms with van der Waals surface area (Å²) in [6.07, 6.45) is 5.66. The number of H-pyrrole nitrogens is 1. The zero-order valence-electron chi connectivity index (χ0n) is 13.7. The van der Waals surface area contributed by atoms with E-state index in [1.807, 2.05) is 0 Å². The number of halogens is 1. The Balaban J connectivity index is 1.73. The first kappa shape index (κ1) is 16.7. The SMILES string of the molecule is Cc1cc(/C=N\Nc2cn[nH]c(=O)c2Cl)c(C)n1C[C@@H]1CCCO1. The average molecular weight is 350 g/mol. The van der Waals surface area contributed by atoms with Crippen LogP contribution < -0.4 is 11.0 Å². The van der Waals surface area contributed by atoms with Gasteiger partial charge in [-0.05, 0) is 32.8 Å². The molecule has 2 aromatic heterocycles. The monoisotopic (exact) mass is 349 g/mol. The van der Waals surface area contributed by atoms with Gasteiger partial charge < -0.3 is 9.30 Å². The number of aromatic nitrogens is 3. The van der Waals surface area contributed by atoms with Crippen molar-refractivity contribution >= 4 is 23.5 Å². The van der Waals surface area contributed by atoms with Crippen LogP contribution in [0.1, 0.15) is 29.8 Å². The summed E-state index contributed by atoms with van der Waals surface area (Å²) in [5.41, 5.74) is 5.97. The molecular formula is C16H20ClN5O2. The van der Waals surface area contributed by atoms with Crippen molar-refractivity contribution in [3.8, 4) is 0 Å². The van der Waals surface area contributed by atoms with Gasteiger partial charge in [0.1, 0.15) is 10.7 Å². The fourth-order valence-corrected chi connectivity index (χ4v) is 3.00. The second-order valence-electron chi connectivity index (χ2n) is 5.87. The van der Waals surface area contributed by atoms with Gasteiger partial charge in [0.15, 0.2) is 0 Å². The number of rotatable bonds is 5. The van der Waals surface area contributed by atoms with E-state index in [1.54, 1.807) is 6.21 Å². The molecule has 0 aromatic carbocycles. The molecular weight excluding hydrogens is 330 g/mol. The highest BCUT2D eigenvalue weighted by Gasteiger charge is 2.18. The highest BCUT2D eigenvalue weighted by Crippen LogP contribution is 2.20. The third-order valence-corrected chi connectivity index (χ3v) is 4.58. The van der Waals surface area contributed by atoms with Gasteiger partial charge in [-0.2, -0.15) is 10.2 Å². The Morgan fingerprint density at radius 3 is 3.17 bits per heavy atom. The van der Waals surface area contributed by atoms with Crippen molar-refractivity contribution in [3.63, 3.8) is 0 Å². The standard InChI is InChI=1S/C16H20ClN5O2/c1-10-6-12(11(2)22(10)9-13-4-3-5-24-13)7-18-20-14-8-19-21-16(23)15(14)17/h6-8,13H,3-5,9H2,1-2H3,(H2,20,21,23)/b18-7-/t13-/m0/s1. The van der Waals surface area contributed by atoms with E-state index in [0.29, 0.717) is 11.8 Å². The summed E-state index contributed by atoms with van der Waals surface area (Å²) < 4.78 is 7.97. The van der Waals surface area contributed by atoms with Crippen LogP contribution in [0.15, 0.2) is 22.2 Å². The van der Waals surface area contributed by atoms with E-state index in [1.165, 1.54) is 11.9 Å². The van der Waals surface area contributed by atoms with Crippen LogP contribution in [0, 0.1) is 13.8 Å². The summed E-state index contributed by atoms with van der Waals surface area (Å²) in [5.74, 6) is 0. The first-order chi connectivity index (χ1) is 11.6. The molecule has 3 rings (SSSR count). The molecule has 7 nitrogen and oxygen atoms in total. The third-order valence-electron chi connectivity index (χ3n) is 4.21. The lowest BCUT2D eigenvalue weighted by Crippen LogP contribution is -2.16. The van der Waals surface area contributed by atoms with Crippen LogP contribution in [0.3, 0.4) is 0 Å². The maximum absolute atomic E-state index is 11.4. The lowest BCUT2D eigenvalue weighted by atomic mass is 10.2. The fraction of sp³-hybridized carbons (Fsp3) is 0.438. The summed E-state index contributed by atoms with van der Waals surface area (Å²) >= 11 is 5.89. The summed E-state index contributed by atoms with van der Waals surface area (Å²) in [7, 11) is 0. The number of nitrogens with one attached hydrogen (secondary N) is 2. The lowest BCUT2D eigenvalue weighted by molar-refractivity contribution is 0.0962. The first-order valence-corrected chi connectivity index (χ1v) is 8.24. The Bertz CT molecular complexity index is 805. The molecule has 128 valence electrons. The quantitative estimate of drug-likeness (QED) is 0.641. The molecule has 8 heteroatoms. The maximum Gasteiger partial charge on any atom is 0.285 e. The van der Waals surface area contributed by atoms with Crippen LogP contribution >= 0.6 is 11.6 Å². The van der Waals surface area contributed by atoms with Gasteiger partial charge in [0, 0.05) is 30.1 Å². The number of anilines is 1. The van der Waals surface area contributed by atoms with E-state index in [4.69, 9.17) is 16.3 Å². The number of aromatic amines is 1. The van der Waals surface area contributed by atoms with E-state index >= 15 is 0 Å². The van der Waals surface area contributed by atoms with Crippen molar-refractivity contribution < 1.29 is 4.74 Å². The van der Waals surface area contributed by atoms with Crippen molar-refractivity contribution in [2.45, 2.75) is 39.3 Å². The van der Waals surface area contributed by atoms with Crippen molar-refractivity contribution in [3.05, 3.63) is 44.6 Å². The number of nitrogens with zero attached hydrogens (tertiary/aromatic N) is 3. The van der Waals surface area contributed by atoms with E-state index < -0.39 is 5.56 Å². The molecule has 1 saturated heterocycles. The van der Waals surface area contributed by atoms with Crippen molar-refractivity contribution in [2.75, 3.05) is 12.0 Å². The molecule has 1 aliphatic rings. The van der Waals surface area contributed by atoms with E-state index in [2.05, 4.69) is 45.2 Å². The zero-order chi connectivity index (χ0) is 17.1. The number of aryl methyl sites for hydroxylation is 1. The highest BCUT2D eigenvalue weighted by molar-refractivity contribution is 6.32. The molecule has 1 aliphatic heterocycles. The van der Waals surface area contributed by atoms with Gasteiger partial charge in [-0.15, -0.1) is 0 Å². The van der Waals surface area contributed by atoms with Crippen LogP contribution in [0.2, 0.25) is 5.02 Å². The van der Waals surface area contributed by atoms with Crippen molar-refractivity contribution in [1.82, 2.24) is 14.8 Å².